The number of para-hydroxylation sites is 1. The lowest BCUT2D eigenvalue weighted by Crippen LogP contribution is -2.45. The minimum Gasteiger partial charge on any atom is -0.358 e. The molecule has 2 heterocycles. The lowest BCUT2D eigenvalue weighted by molar-refractivity contribution is -0.133. The van der Waals surface area contributed by atoms with Crippen LogP contribution in [0.2, 0.25) is 0 Å². The Hall–Kier alpha value is -1.81. The van der Waals surface area contributed by atoms with Gasteiger partial charge in [-0.1, -0.05) is 25.1 Å². The predicted molar refractivity (Wildman–Crippen MR) is 75.7 cm³/mol. The van der Waals surface area contributed by atoms with E-state index in [1.54, 1.807) is 0 Å². The van der Waals surface area contributed by atoms with Crippen molar-refractivity contribution in [2.24, 2.45) is 5.73 Å². The van der Waals surface area contributed by atoms with Crippen molar-refractivity contribution in [1.82, 2.24) is 9.88 Å². The second-order valence-corrected chi connectivity index (χ2v) is 5.15. The molecule has 1 atom stereocenters. The second kappa shape index (κ2) is 4.70. The van der Waals surface area contributed by atoms with Gasteiger partial charge in [-0.15, -0.1) is 0 Å². The number of hydrogen-bond acceptors (Lipinski definition) is 2. The number of nitrogens with one attached hydrogen (secondary N) is 1. The standard InChI is InChI=1S/C15H19N3O/c1-2-12(16)15(19)18-8-7-14-11(9-18)10-5-3-4-6-13(10)17-14/h3-6,12,17H,2,7-9,16H2,1H3. The number of benzene rings is 1. The number of carbonyl (C=O) groups is 1. The maximum Gasteiger partial charge on any atom is 0.239 e. The molecule has 0 saturated heterocycles. The molecular formula is C15H19N3O. The number of amides is 1. The van der Waals surface area contributed by atoms with Gasteiger partial charge < -0.3 is 15.6 Å². The van der Waals surface area contributed by atoms with Gasteiger partial charge in [-0.3, -0.25) is 4.79 Å². The highest BCUT2D eigenvalue weighted by Gasteiger charge is 2.26. The van der Waals surface area contributed by atoms with E-state index in [-0.39, 0.29) is 11.9 Å². The predicted octanol–water partition coefficient (Wildman–Crippen LogP) is 1.79. The largest absolute Gasteiger partial charge is 0.358 e. The van der Waals surface area contributed by atoms with Crippen LogP contribution < -0.4 is 5.73 Å². The molecular weight excluding hydrogens is 238 g/mol. The van der Waals surface area contributed by atoms with Crippen LogP contribution in [-0.4, -0.2) is 28.4 Å². The van der Waals surface area contributed by atoms with E-state index in [4.69, 9.17) is 5.73 Å². The molecule has 1 aromatic carbocycles. The average molecular weight is 257 g/mol. The van der Waals surface area contributed by atoms with Crippen molar-refractivity contribution in [2.75, 3.05) is 6.54 Å². The molecule has 0 aliphatic carbocycles. The first-order chi connectivity index (χ1) is 9.20. The molecule has 0 saturated carbocycles. The zero-order valence-electron chi connectivity index (χ0n) is 11.1. The molecule has 0 fully saturated rings. The van der Waals surface area contributed by atoms with E-state index < -0.39 is 0 Å². The SMILES string of the molecule is CCC(N)C(=O)N1CCc2[nH]c3ccccc3c2C1. The summed E-state index contributed by atoms with van der Waals surface area (Å²) in [6, 6.07) is 7.89. The van der Waals surface area contributed by atoms with E-state index in [1.165, 1.54) is 16.6 Å². The Morgan fingerprint density at radius 1 is 1.47 bits per heavy atom. The van der Waals surface area contributed by atoms with Crippen LogP contribution >= 0.6 is 0 Å². The smallest absolute Gasteiger partial charge is 0.239 e. The number of nitrogens with zero attached hydrogens (tertiary/aromatic N) is 1. The topological polar surface area (TPSA) is 62.1 Å². The van der Waals surface area contributed by atoms with Crippen LogP contribution in [0.4, 0.5) is 0 Å². The normalized spacial score (nSPS) is 16.4. The van der Waals surface area contributed by atoms with Crippen LogP contribution in [0.1, 0.15) is 24.6 Å². The summed E-state index contributed by atoms with van der Waals surface area (Å²) in [5.74, 6) is 0.0680. The number of aromatic amines is 1. The van der Waals surface area contributed by atoms with Crippen molar-refractivity contribution in [3.05, 3.63) is 35.5 Å². The van der Waals surface area contributed by atoms with Crippen molar-refractivity contribution in [3.63, 3.8) is 0 Å². The van der Waals surface area contributed by atoms with Gasteiger partial charge in [0, 0.05) is 41.7 Å². The van der Waals surface area contributed by atoms with Crippen molar-refractivity contribution in [3.8, 4) is 0 Å². The molecule has 3 N–H and O–H groups in total. The van der Waals surface area contributed by atoms with Crippen LogP contribution in [0.25, 0.3) is 10.9 Å². The van der Waals surface area contributed by atoms with Gasteiger partial charge in [0.2, 0.25) is 5.91 Å². The molecule has 1 aliphatic heterocycles. The lowest BCUT2D eigenvalue weighted by Gasteiger charge is -2.29. The number of aromatic nitrogens is 1. The van der Waals surface area contributed by atoms with E-state index in [0.717, 1.165) is 18.5 Å². The van der Waals surface area contributed by atoms with Gasteiger partial charge in [-0.25, -0.2) is 0 Å². The summed E-state index contributed by atoms with van der Waals surface area (Å²) < 4.78 is 0. The van der Waals surface area contributed by atoms with Crippen LogP contribution in [0.15, 0.2) is 24.3 Å². The average Bonchev–Trinajstić information content (AvgIpc) is 2.83. The highest BCUT2D eigenvalue weighted by Crippen LogP contribution is 2.27. The first kappa shape index (κ1) is 12.2. The minimum absolute atomic E-state index is 0.0680. The summed E-state index contributed by atoms with van der Waals surface area (Å²) >= 11 is 0. The first-order valence-electron chi connectivity index (χ1n) is 6.83. The quantitative estimate of drug-likeness (QED) is 0.861. The zero-order chi connectivity index (χ0) is 13.4. The summed E-state index contributed by atoms with van der Waals surface area (Å²) in [5, 5.41) is 1.22. The molecule has 4 heteroatoms. The van der Waals surface area contributed by atoms with Crippen molar-refractivity contribution in [2.45, 2.75) is 32.4 Å². The number of H-pyrrole nitrogens is 1. The van der Waals surface area contributed by atoms with Gasteiger partial charge in [0.15, 0.2) is 0 Å². The molecule has 19 heavy (non-hydrogen) atoms. The fourth-order valence-corrected chi connectivity index (χ4v) is 2.76. The highest BCUT2D eigenvalue weighted by molar-refractivity contribution is 5.87. The Morgan fingerprint density at radius 2 is 2.26 bits per heavy atom. The fourth-order valence-electron chi connectivity index (χ4n) is 2.76. The molecule has 2 aromatic rings. The summed E-state index contributed by atoms with van der Waals surface area (Å²) in [6.07, 6.45) is 1.57. The summed E-state index contributed by atoms with van der Waals surface area (Å²) in [5.41, 5.74) is 9.52. The van der Waals surface area contributed by atoms with Crippen LogP contribution in [0.3, 0.4) is 0 Å². The number of rotatable bonds is 2. The Bertz CT molecular complexity index is 617. The number of fused-ring (bicyclic) bond motifs is 3. The van der Waals surface area contributed by atoms with Gasteiger partial charge in [-0.2, -0.15) is 0 Å². The molecule has 0 bridgehead atoms. The summed E-state index contributed by atoms with van der Waals surface area (Å²) in [6.45, 7) is 3.38. The van der Waals surface area contributed by atoms with Crippen molar-refractivity contribution in [1.29, 1.82) is 0 Å². The maximum atomic E-state index is 12.2. The number of nitrogens with two attached hydrogens (primary N) is 1. The van der Waals surface area contributed by atoms with Crippen LogP contribution in [0.5, 0.6) is 0 Å². The van der Waals surface area contributed by atoms with E-state index in [0.29, 0.717) is 13.0 Å². The molecule has 4 nitrogen and oxygen atoms in total. The molecule has 3 rings (SSSR count). The molecule has 1 unspecified atom stereocenters. The Kier molecular flexibility index (Phi) is 3.03. The molecule has 1 amide bonds. The zero-order valence-corrected chi connectivity index (χ0v) is 11.1. The number of hydrogen-bond donors (Lipinski definition) is 2. The Balaban J connectivity index is 1.93. The monoisotopic (exact) mass is 257 g/mol. The second-order valence-electron chi connectivity index (χ2n) is 5.15. The Labute approximate surface area is 112 Å². The van der Waals surface area contributed by atoms with Crippen LogP contribution in [0, 0.1) is 0 Å². The lowest BCUT2D eigenvalue weighted by atomic mass is 10.0. The first-order valence-corrected chi connectivity index (χ1v) is 6.83. The third kappa shape index (κ3) is 2.02. The summed E-state index contributed by atoms with van der Waals surface area (Å²) in [4.78, 5) is 17.5. The maximum absolute atomic E-state index is 12.2. The third-order valence-electron chi connectivity index (χ3n) is 3.95. The van der Waals surface area contributed by atoms with Crippen LogP contribution in [-0.2, 0) is 17.8 Å². The van der Waals surface area contributed by atoms with Crippen molar-refractivity contribution >= 4 is 16.8 Å². The van der Waals surface area contributed by atoms with Crippen molar-refractivity contribution < 1.29 is 4.79 Å². The molecule has 0 radical (unpaired) electrons. The number of carbonyl (C=O) groups excluding carboxylic acids is 1. The molecule has 1 aliphatic rings. The van der Waals surface area contributed by atoms with Gasteiger partial charge in [0.1, 0.15) is 0 Å². The van der Waals surface area contributed by atoms with Gasteiger partial charge in [-0.05, 0) is 12.5 Å². The highest BCUT2D eigenvalue weighted by atomic mass is 16.2. The Morgan fingerprint density at radius 3 is 3.05 bits per heavy atom. The van der Waals surface area contributed by atoms with E-state index >= 15 is 0 Å². The molecule has 1 aromatic heterocycles. The van der Waals surface area contributed by atoms with Gasteiger partial charge in [0.25, 0.3) is 0 Å². The molecule has 100 valence electrons. The summed E-state index contributed by atoms with van der Waals surface area (Å²) in [7, 11) is 0. The third-order valence-corrected chi connectivity index (χ3v) is 3.95. The fraction of sp³-hybridized carbons (Fsp3) is 0.400. The molecule has 0 spiro atoms. The van der Waals surface area contributed by atoms with E-state index in [2.05, 4.69) is 17.1 Å². The van der Waals surface area contributed by atoms with Gasteiger partial charge in [0.05, 0.1) is 6.04 Å². The van der Waals surface area contributed by atoms with E-state index in [1.807, 2.05) is 24.0 Å². The van der Waals surface area contributed by atoms with E-state index in [9.17, 15) is 4.79 Å². The minimum atomic E-state index is -0.369. The van der Waals surface area contributed by atoms with Gasteiger partial charge >= 0.3 is 0 Å².